The molecule has 1 amide bonds. The number of para-hydroxylation sites is 1. The van der Waals surface area contributed by atoms with Crippen LogP contribution in [0.3, 0.4) is 0 Å². The van der Waals surface area contributed by atoms with Gasteiger partial charge in [0.2, 0.25) is 0 Å². The molecule has 0 atom stereocenters. The summed E-state index contributed by atoms with van der Waals surface area (Å²) in [7, 11) is -4.10. The fourth-order valence-electron chi connectivity index (χ4n) is 1.57. The predicted octanol–water partition coefficient (Wildman–Crippen LogP) is 2.52. The van der Waals surface area contributed by atoms with Gasteiger partial charge in [-0.05, 0) is 30.3 Å². The summed E-state index contributed by atoms with van der Waals surface area (Å²) in [6.07, 6.45) is 0. The van der Waals surface area contributed by atoms with E-state index in [9.17, 15) is 17.6 Å². The van der Waals surface area contributed by atoms with E-state index in [1.165, 1.54) is 0 Å². The maximum Gasteiger partial charge on any atom is 0.272 e. The van der Waals surface area contributed by atoms with E-state index in [1.54, 1.807) is 24.3 Å². The Morgan fingerprint density at radius 1 is 1.12 bits per heavy atom. The summed E-state index contributed by atoms with van der Waals surface area (Å²) in [4.78, 5) is 13.2. The van der Waals surface area contributed by atoms with Crippen LogP contribution < -0.4 is 15.0 Å². The van der Waals surface area contributed by atoms with Gasteiger partial charge in [-0.2, -0.15) is 0 Å². The van der Waals surface area contributed by atoms with E-state index < -0.39 is 28.4 Å². The molecule has 0 saturated carbocycles. The van der Waals surface area contributed by atoms with E-state index in [1.807, 2.05) is 10.3 Å². The third-order valence-corrected chi connectivity index (χ3v) is 4.57. The lowest BCUT2D eigenvalue weighted by atomic mass is 10.3. The first-order valence-electron chi connectivity index (χ1n) is 6.42. The number of hydrogen-bond donors (Lipinski definition) is 2. The average Bonchev–Trinajstić information content (AvgIpc) is 2.54. The molecule has 0 aliphatic carbocycles. The van der Waals surface area contributed by atoms with Gasteiger partial charge < -0.3 is 4.74 Å². The Labute approximate surface area is 147 Å². The van der Waals surface area contributed by atoms with Crippen molar-refractivity contribution in [3.8, 4) is 5.75 Å². The van der Waals surface area contributed by atoms with Crippen LogP contribution in [0.4, 0.5) is 4.39 Å². The molecule has 128 valence electrons. The predicted molar refractivity (Wildman–Crippen MR) is 86.8 cm³/mol. The lowest BCUT2D eigenvalue weighted by Crippen LogP contribution is -2.43. The molecule has 2 rings (SSSR count). The van der Waals surface area contributed by atoms with E-state index in [-0.39, 0.29) is 15.7 Å². The zero-order valence-corrected chi connectivity index (χ0v) is 14.3. The first-order valence-corrected chi connectivity index (χ1v) is 8.66. The van der Waals surface area contributed by atoms with Crippen molar-refractivity contribution in [1.29, 1.82) is 0 Å². The van der Waals surface area contributed by atoms with Gasteiger partial charge in [0, 0.05) is 0 Å². The third-order valence-electron chi connectivity index (χ3n) is 2.72. The van der Waals surface area contributed by atoms with Crippen molar-refractivity contribution < 1.29 is 22.3 Å². The van der Waals surface area contributed by atoms with Crippen molar-refractivity contribution in [3.63, 3.8) is 0 Å². The molecule has 0 radical (unpaired) electrons. The van der Waals surface area contributed by atoms with Crippen molar-refractivity contribution >= 4 is 39.1 Å². The van der Waals surface area contributed by atoms with Crippen molar-refractivity contribution in [2.45, 2.75) is 4.90 Å². The van der Waals surface area contributed by atoms with Crippen molar-refractivity contribution in [2.75, 3.05) is 6.61 Å². The lowest BCUT2D eigenvalue weighted by Gasteiger charge is -2.10. The van der Waals surface area contributed by atoms with Gasteiger partial charge in [-0.3, -0.25) is 10.2 Å². The van der Waals surface area contributed by atoms with Crippen LogP contribution in [-0.4, -0.2) is 20.9 Å². The minimum Gasteiger partial charge on any atom is -0.482 e. The zero-order chi connectivity index (χ0) is 17.7. The Balaban J connectivity index is 1.93. The number of hydrazine groups is 1. The number of halogens is 3. The molecule has 2 N–H and O–H groups in total. The first-order chi connectivity index (χ1) is 11.3. The molecule has 10 heteroatoms. The fraction of sp³-hybridized carbons (Fsp3) is 0.0714. The van der Waals surface area contributed by atoms with E-state index in [2.05, 4.69) is 0 Å². The molecule has 2 aromatic rings. The van der Waals surface area contributed by atoms with Gasteiger partial charge in [-0.1, -0.05) is 35.3 Å². The molecular formula is C14H11Cl2FN2O4S. The van der Waals surface area contributed by atoms with E-state index in [4.69, 9.17) is 27.9 Å². The molecule has 0 heterocycles. The molecule has 0 unspecified atom stereocenters. The second-order valence-electron chi connectivity index (χ2n) is 4.45. The van der Waals surface area contributed by atoms with Gasteiger partial charge >= 0.3 is 0 Å². The van der Waals surface area contributed by atoms with E-state index in [0.717, 1.165) is 18.2 Å². The van der Waals surface area contributed by atoms with Crippen molar-refractivity contribution in [1.82, 2.24) is 10.3 Å². The van der Waals surface area contributed by atoms with Crippen LogP contribution in [0.2, 0.25) is 10.0 Å². The van der Waals surface area contributed by atoms with E-state index >= 15 is 0 Å². The van der Waals surface area contributed by atoms with Crippen LogP contribution in [0.25, 0.3) is 0 Å². The molecule has 0 fully saturated rings. The molecule has 24 heavy (non-hydrogen) atoms. The van der Waals surface area contributed by atoms with Crippen LogP contribution in [-0.2, 0) is 14.8 Å². The summed E-state index contributed by atoms with van der Waals surface area (Å²) >= 11 is 11.4. The Morgan fingerprint density at radius 3 is 2.50 bits per heavy atom. The molecule has 0 spiro atoms. The summed E-state index contributed by atoms with van der Waals surface area (Å²) in [6, 6.07) is 9.33. The van der Waals surface area contributed by atoms with Gasteiger partial charge in [-0.15, -0.1) is 4.83 Å². The zero-order valence-electron chi connectivity index (χ0n) is 11.9. The number of sulfonamides is 1. The summed E-state index contributed by atoms with van der Waals surface area (Å²) in [5.74, 6) is -1.23. The topological polar surface area (TPSA) is 84.5 Å². The standard InChI is InChI=1S/C14H11Cl2FN2O4S/c15-10-3-1-2-4-13(10)23-8-14(20)18-19-24(21,22)9-5-6-12(17)11(16)7-9/h1-7,19H,8H2,(H,18,20). The Morgan fingerprint density at radius 2 is 1.83 bits per heavy atom. The largest absolute Gasteiger partial charge is 0.482 e. The highest BCUT2D eigenvalue weighted by atomic mass is 35.5. The van der Waals surface area contributed by atoms with Crippen molar-refractivity contribution in [3.05, 3.63) is 58.3 Å². The number of rotatable bonds is 6. The highest BCUT2D eigenvalue weighted by Gasteiger charge is 2.17. The molecule has 0 aromatic heterocycles. The minimum absolute atomic E-state index is 0.280. The monoisotopic (exact) mass is 392 g/mol. The van der Waals surface area contributed by atoms with Gasteiger partial charge in [-0.25, -0.2) is 12.8 Å². The van der Waals surface area contributed by atoms with Crippen molar-refractivity contribution in [2.24, 2.45) is 0 Å². The quantitative estimate of drug-likeness (QED) is 0.739. The maximum atomic E-state index is 13.1. The molecule has 0 bridgehead atoms. The third kappa shape index (κ3) is 4.81. The summed E-state index contributed by atoms with van der Waals surface area (Å²) < 4.78 is 42.1. The van der Waals surface area contributed by atoms with E-state index in [0.29, 0.717) is 5.02 Å². The maximum absolute atomic E-state index is 13.1. The number of hydrogen-bond acceptors (Lipinski definition) is 4. The molecule has 2 aromatic carbocycles. The number of amides is 1. The molecule has 6 nitrogen and oxygen atoms in total. The second kappa shape index (κ2) is 7.80. The fourth-order valence-corrected chi connectivity index (χ4v) is 2.89. The number of carbonyl (C=O) groups excluding carboxylic acids is 1. The molecule has 0 aliphatic rings. The van der Waals surface area contributed by atoms with Crippen LogP contribution in [0.5, 0.6) is 5.75 Å². The van der Waals surface area contributed by atoms with Crippen LogP contribution in [0.1, 0.15) is 0 Å². The molecule has 0 aliphatic heterocycles. The summed E-state index contributed by atoms with van der Waals surface area (Å²) in [5.41, 5.74) is 1.96. The number of nitrogens with one attached hydrogen (secondary N) is 2. The average molecular weight is 393 g/mol. The Hall–Kier alpha value is -1.87. The normalized spacial score (nSPS) is 11.1. The highest BCUT2D eigenvalue weighted by molar-refractivity contribution is 7.89. The summed E-state index contributed by atoms with van der Waals surface area (Å²) in [6.45, 7) is -0.462. The number of ether oxygens (including phenoxy) is 1. The number of carbonyl (C=O) groups is 1. The highest BCUT2D eigenvalue weighted by Crippen LogP contribution is 2.22. The Bertz CT molecular complexity index is 862. The van der Waals surface area contributed by atoms with Gasteiger partial charge in [0.1, 0.15) is 11.6 Å². The lowest BCUT2D eigenvalue weighted by molar-refractivity contribution is -0.123. The van der Waals surface area contributed by atoms with Gasteiger partial charge in [0.05, 0.1) is 14.9 Å². The molecule has 0 saturated heterocycles. The second-order valence-corrected chi connectivity index (χ2v) is 6.95. The van der Waals surface area contributed by atoms with Crippen LogP contribution >= 0.6 is 23.2 Å². The van der Waals surface area contributed by atoms with Crippen LogP contribution in [0.15, 0.2) is 47.4 Å². The van der Waals surface area contributed by atoms with Gasteiger partial charge in [0.25, 0.3) is 15.9 Å². The number of benzene rings is 2. The molecular weight excluding hydrogens is 382 g/mol. The SMILES string of the molecule is O=C(COc1ccccc1Cl)NNS(=O)(=O)c1ccc(F)c(Cl)c1. The van der Waals surface area contributed by atoms with Gasteiger partial charge in [0.15, 0.2) is 6.61 Å². The smallest absolute Gasteiger partial charge is 0.272 e. The first kappa shape index (κ1) is 18.5. The Kier molecular flexibility index (Phi) is 6.00. The van der Waals surface area contributed by atoms with Crippen LogP contribution in [0, 0.1) is 5.82 Å². The minimum atomic E-state index is -4.10. The summed E-state index contributed by atoms with van der Waals surface area (Å²) in [5, 5.41) is -0.0434.